The summed E-state index contributed by atoms with van der Waals surface area (Å²) in [6, 6.07) is 6.19. The first-order valence-electron chi connectivity index (χ1n) is 7.66. The monoisotopic (exact) mass is 337 g/mol. The Morgan fingerprint density at radius 3 is 2.43 bits per heavy atom. The first kappa shape index (κ1) is 16.0. The van der Waals surface area contributed by atoms with Crippen molar-refractivity contribution in [2.24, 2.45) is 11.8 Å². The zero-order valence-corrected chi connectivity index (χ0v) is 13.7. The Morgan fingerprint density at radius 1 is 1.17 bits per heavy atom. The second kappa shape index (κ2) is 5.96. The molecule has 1 heterocycles. The van der Waals surface area contributed by atoms with Crippen LogP contribution in [0.1, 0.15) is 19.3 Å². The van der Waals surface area contributed by atoms with Crippen LogP contribution in [0.3, 0.4) is 0 Å². The molecule has 124 valence electrons. The molecule has 2 aliphatic rings. The van der Waals surface area contributed by atoms with Crippen molar-refractivity contribution >= 4 is 21.7 Å². The van der Waals surface area contributed by atoms with Crippen LogP contribution in [-0.4, -0.2) is 44.5 Å². The van der Waals surface area contributed by atoms with Gasteiger partial charge in [-0.2, -0.15) is 0 Å². The number of benzene rings is 1. The van der Waals surface area contributed by atoms with Gasteiger partial charge in [-0.05, 0) is 31.0 Å². The van der Waals surface area contributed by atoms with Crippen molar-refractivity contribution in [2.75, 3.05) is 19.4 Å². The lowest BCUT2D eigenvalue weighted by Crippen LogP contribution is -2.35. The minimum absolute atomic E-state index is 0.0917. The Balaban J connectivity index is 1.60. The molecule has 2 unspecified atom stereocenters. The number of rotatable bonds is 5. The van der Waals surface area contributed by atoms with Crippen LogP contribution in [0.4, 0.5) is 0 Å². The maximum atomic E-state index is 12.2. The van der Waals surface area contributed by atoms with E-state index in [2.05, 4.69) is 0 Å². The van der Waals surface area contributed by atoms with Crippen LogP contribution in [0.2, 0.25) is 0 Å². The zero-order chi connectivity index (χ0) is 16.6. The van der Waals surface area contributed by atoms with Gasteiger partial charge in [0.15, 0.2) is 9.84 Å². The lowest BCUT2D eigenvalue weighted by molar-refractivity contribution is -0.140. The van der Waals surface area contributed by atoms with Crippen LogP contribution in [0, 0.1) is 11.8 Å². The van der Waals surface area contributed by atoms with Crippen LogP contribution in [0.5, 0.6) is 5.75 Å². The van der Waals surface area contributed by atoms with E-state index in [0.29, 0.717) is 5.75 Å². The van der Waals surface area contributed by atoms with Gasteiger partial charge < -0.3 is 4.74 Å². The summed E-state index contributed by atoms with van der Waals surface area (Å²) in [6.07, 6.45) is 3.66. The Morgan fingerprint density at radius 2 is 1.83 bits per heavy atom. The highest BCUT2D eigenvalue weighted by Gasteiger charge is 2.49. The molecule has 2 fully saturated rings. The minimum atomic E-state index is -3.29. The molecule has 0 radical (unpaired) electrons. The molecular formula is C16H19NO5S. The average molecular weight is 337 g/mol. The van der Waals surface area contributed by atoms with E-state index in [-0.39, 0.29) is 41.7 Å². The summed E-state index contributed by atoms with van der Waals surface area (Å²) in [6.45, 7) is 0.359. The number of hydrogen-bond donors (Lipinski definition) is 0. The molecule has 1 aromatic rings. The third kappa shape index (κ3) is 3.10. The fraction of sp³-hybridized carbons (Fsp3) is 0.500. The molecule has 3 rings (SSSR count). The normalized spacial score (nSPS) is 24.1. The summed E-state index contributed by atoms with van der Waals surface area (Å²) in [4.78, 5) is 25.9. The molecule has 1 saturated carbocycles. The lowest BCUT2D eigenvalue weighted by atomic mass is 10.00. The Bertz CT molecular complexity index is 721. The van der Waals surface area contributed by atoms with E-state index in [1.807, 2.05) is 0 Å². The number of carbonyl (C=O) groups is 2. The highest BCUT2D eigenvalue weighted by atomic mass is 32.2. The smallest absolute Gasteiger partial charge is 0.233 e. The van der Waals surface area contributed by atoms with Crippen LogP contribution >= 0.6 is 0 Å². The highest BCUT2D eigenvalue weighted by Crippen LogP contribution is 2.39. The van der Waals surface area contributed by atoms with E-state index < -0.39 is 9.84 Å². The maximum absolute atomic E-state index is 12.2. The van der Waals surface area contributed by atoms with Crippen molar-refractivity contribution < 1.29 is 22.7 Å². The predicted molar refractivity (Wildman–Crippen MR) is 82.6 cm³/mol. The maximum Gasteiger partial charge on any atom is 0.233 e. The molecule has 1 aliphatic heterocycles. The Labute approximate surface area is 135 Å². The quantitative estimate of drug-likeness (QED) is 0.756. The van der Waals surface area contributed by atoms with Crippen LogP contribution in [-0.2, 0) is 19.4 Å². The fourth-order valence-corrected chi connectivity index (χ4v) is 3.99. The highest BCUT2D eigenvalue weighted by molar-refractivity contribution is 7.90. The molecule has 0 spiro atoms. The van der Waals surface area contributed by atoms with Gasteiger partial charge >= 0.3 is 0 Å². The molecule has 0 aromatic heterocycles. The number of hydrogen-bond acceptors (Lipinski definition) is 5. The molecular weight excluding hydrogens is 318 g/mol. The molecule has 2 amide bonds. The molecule has 6 nitrogen and oxygen atoms in total. The topological polar surface area (TPSA) is 80.8 Å². The number of imide groups is 1. The number of sulfone groups is 1. The van der Waals surface area contributed by atoms with Gasteiger partial charge in [0, 0.05) is 6.26 Å². The molecule has 2 atom stereocenters. The zero-order valence-electron chi connectivity index (χ0n) is 12.9. The van der Waals surface area contributed by atoms with E-state index in [4.69, 9.17) is 4.74 Å². The fourth-order valence-electron chi connectivity index (χ4n) is 3.33. The summed E-state index contributed by atoms with van der Waals surface area (Å²) < 4.78 is 28.5. The van der Waals surface area contributed by atoms with Crippen molar-refractivity contribution in [1.29, 1.82) is 0 Å². The van der Waals surface area contributed by atoms with Crippen molar-refractivity contribution in [1.82, 2.24) is 4.90 Å². The van der Waals surface area contributed by atoms with Gasteiger partial charge in [-0.1, -0.05) is 12.5 Å². The van der Waals surface area contributed by atoms with Crippen molar-refractivity contribution in [3.8, 4) is 5.75 Å². The SMILES string of the molecule is CS(=O)(=O)c1cccc(OCCN2C(=O)C3CCCC3C2=O)c1. The summed E-state index contributed by atoms with van der Waals surface area (Å²) >= 11 is 0. The van der Waals surface area contributed by atoms with Crippen LogP contribution in [0.25, 0.3) is 0 Å². The van der Waals surface area contributed by atoms with Gasteiger partial charge in [-0.3, -0.25) is 14.5 Å². The van der Waals surface area contributed by atoms with E-state index in [1.54, 1.807) is 12.1 Å². The lowest BCUT2D eigenvalue weighted by Gasteiger charge is -2.16. The molecule has 23 heavy (non-hydrogen) atoms. The van der Waals surface area contributed by atoms with E-state index >= 15 is 0 Å². The largest absolute Gasteiger partial charge is 0.492 e. The third-order valence-electron chi connectivity index (χ3n) is 4.50. The molecule has 7 heteroatoms. The van der Waals surface area contributed by atoms with Crippen LogP contribution < -0.4 is 4.74 Å². The van der Waals surface area contributed by atoms with Gasteiger partial charge in [0.1, 0.15) is 12.4 Å². The molecule has 1 aromatic carbocycles. The van der Waals surface area contributed by atoms with Crippen molar-refractivity contribution in [3.63, 3.8) is 0 Å². The standard InChI is InChI=1S/C16H19NO5S/c1-23(20,21)12-5-2-4-11(10-12)22-9-8-17-15(18)13-6-3-7-14(13)16(17)19/h2,4-5,10,13-14H,3,6-9H2,1H3. The number of fused-ring (bicyclic) bond motifs is 1. The third-order valence-corrected chi connectivity index (χ3v) is 5.61. The number of amides is 2. The summed E-state index contributed by atoms with van der Waals surface area (Å²) in [5, 5.41) is 0. The van der Waals surface area contributed by atoms with Gasteiger partial charge in [0.2, 0.25) is 11.8 Å². The average Bonchev–Trinajstić information content (AvgIpc) is 3.06. The summed E-state index contributed by atoms with van der Waals surface area (Å²) in [7, 11) is -3.29. The first-order chi connectivity index (χ1) is 10.9. The van der Waals surface area contributed by atoms with Gasteiger partial charge in [-0.25, -0.2) is 8.42 Å². The Hall–Kier alpha value is -1.89. The van der Waals surface area contributed by atoms with Gasteiger partial charge in [-0.15, -0.1) is 0 Å². The Kier molecular flexibility index (Phi) is 4.14. The number of likely N-dealkylation sites (tertiary alicyclic amines) is 1. The van der Waals surface area contributed by atoms with E-state index in [9.17, 15) is 18.0 Å². The van der Waals surface area contributed by atoms with Crippen LogP contribution in [0.15, 0.2) is 29.2 Å². The second-order valence-electron chi connectivity index (χ2n) is 6.07. The molecule has 1 aliphatic carbocycles. The minimum Gasteiger partial charge on any atom is -0.492 e. The summed E-state index contributed by atoms with van der Waals surface area (Å²) in [5.74, 6) is -0.0590. The van der Waals surface area contributed by atoms with Gasteiger partial charge in [0.05, 0.1) is 23.3 Å². The summed E-state index contributed by atoms with van der Waals surface area (Å²) in [5.41, 5.74) is 0. The molecule has 0 N–H and O–H groups in total. The van der Waals surface area contributed by atoms with Crippen molar-refractivity contribution in [2.45, 2.75) is 24.2 Å². The number of nitrogens with zero attached hydrogens (tertiary/aromatic N) is 1. The second-order valence-corrected chi connectivity index (χ2v) is 8.08. The first-order valence-corrected chi connectivity index (χ1v) is 9.55. The molecule has 1 saturated heterocycles. The number of carbonyl (C=O) groups excluding carboxylic acids is 2. The number of ether oxygens (including phenoxy) is 1. The molecule has 0 bridgehead atoms. The van der Waals surface area contributed by atoms with E-state index in [1.165, 1.54) is 17.0 Å². The predicted octanol–water partition coefficient (Wildman–Crippen LogP) is 1.25. The van der Waals surface area contributed by atoms with Crippen molar-refractivity contribution in [3.05, 3.63) is 24.3 Å². The van der Waals surface area contributed by atoms with E-state index in [0.717, 1.165) is 25.5 Å². The van der Waals surface area contributed by atoms with Gasteiger partial charge in [0.25, 0.3) is 0 Å².